The molecule has 0 aliphatic heterocycles. The normalized spacial score (nSPS) is 12.4. The molecule has 0 saturated heterocycles. The summed E-state index contributed by atoms with van der Waals surface area (Å²) in [4.78, 5) is 24.7. The predicted molar refractivity (Wildman–Crippen MR) is 412 cm³/mol. The molecule has 6 nitrogen and oxygen atoms in total. The molecule has 0 aliphatic carbocycles. The summed E-state index contributed by atoms with van der Waals surface area (Å²) in [7, 11) is 0. The summed E-state index contributed by atoms with van der Waals surface area (Å²) in [5.41, 5.74) is 0. The maximum absolute atomic E-state index is 12.6. The fraction of sp³-hybridized carbons (Fsp3) is 0.954. The van der Waals surface area contributed by atoms with Gasteiger partial charge in [0.1, 0.15) is 0 Å². The summed E-state index contributed by atoms with van der Waals surface area (Å²) in [5.74, 6) is -0.0290. The molecule has 0 radical (unpaired) electrons. The molecule has 1 amide bonds. The van der Waals surface area contributed by atoms with Crippen LogP contribution in [0.2, 0.25) is 0 Å². The summed E-state index contributed by atoms with van der Waals surface area (Å²) in [5, 5.41) is 23.3. The molecule has 0 aromatic carbocycles. The third-order valence-electron chi connectivity index (χ3n) is 20.8. The first kappa shape index (κ1) is 91.6. The van der Waals surface area contributed by atoms with Gasteiger partial charge in [0, 0.05) is 12.8 Å². The second kappa shape index (κ2) is 83.0. The lowest BCUT2D eigenvalue weighted by atomic mass is 10.0. The Balaban J connectivity index is 3.33. The van der Waals surface area contributed by atoms with Crippen molar-refractivity contribution in [1.29, 1.82) is 0 Å². The van der Waals surface area contributed by atoms with Crippen molar-refractivity contribution in [1.82, 2.24) is 5.32 Å². The number of ether oxygens (including phenoxy) is 1. The molecule has 0 rings (SSSR count). The molecule has 0 fully saturated rings. The van der Waals surface area contributed by atoms with E-state index in [1.54, 1.807) is 6.08 Å². The number of allylic oxidation sites excluding steroid dienone is 1. The summed E-state index contributed by atoms with van der Waals surface area (Å²) < 4.78 is 5.52. The molecule has 3 N–H and O–H groups in total. The molecule has 0 aromatic rings. The molecule has 554 valence electrons. The summed E-state index contributed by atoms with van der Waals surface area (Å²) in [6.07, 6.45) is 107. The minimum absolute atomic E-state index is 0.0273. The number of carbonyl (C=O) groups excluding carboxylic acids is 2. The van der Waals surface area contributed by atoms with E-state index in [0.717, 1.165) is 38.5 Å². The number of hydrogen-bond donors (Lipinski definition) is 3. The smallest absolute Gasteiger partial charge is 0.305 e. The lowest BCUT2D eigenvalue weighted by Gasteiger charge is -2.20. The van der Waals surface area contributed by atoms with E-state index < -0.39 is 12.1 Å². The number of rotatable bonds is 83. The van der Waals surface area contributed by atoms with Crippen LogP contribution < -0.4 is 5.32 Å². The van der Waals surface area contributed by atoms with E-state index in [1.807, 2.05) is 6.08 Å². The summed E-state index contributed by atoms with van der Waals surface area (Å²) >= 11 is 0. The zero-order valence-corrected chi connectivity index (χ0v) is 63.8. The first-order chi connectivity index (χ1) is 46.0. The fourth-order valence-corrected chi connectivity index (χ4v) is 14.2. The van der Waals surface area contributed by atoms with Crippen LogP contribution in [0.5, 0.6) is 0 Å². The van der Waals surface area contributed by atoms with Crippen molar-refractivity contribution in [3.8, 4) is 0 Å². The Morgan fingerprint density at radius 2 is 0.495 bits per heavy atom. The maximum atomic E-state index is 12.6. The van der Waals surface area contributed by atoms with Crippen molar-refractivity contribution in [3.63, 3.8) is 0 Å². The zero-order valence-electron chi connectivity index (χ0n) is 63.8. The van der Waals surface area contributed by atoms with Gasteiger partial charge in [-0.05, 0) is 32.1 Å². The zero-order chi connectivity index (χ0) is 67.0. The average molecular weight is 1310 g/mol. The Labute approximate surface area is 584 Å². The maximum Gasteiger partial charge on any atom is 0.305 e. The third kappa shape index (κ3) is 79.5. The molecule has 0 bridgehead atoms. The van der Waals surface area contributed by atoms with Crippen molar-refractivity contribution in [3.05, 3.63) is 12.2 Å². The molecule has 0 spiro atoms. The van der Waals surface area contributed by atoms with E-state index in [4.69, 9.17) is 4.74 Å². The molecule has 2 atom stereocenters. The van der Waals surface area contributed by atoms with Gasteiger partial charge in [0.15, 0.2) is 0 Å². The Bertz CT molecular complexity index is 1420. The third-order valence-corrected chi connectivity index (χ3v) is 20.8. The van der Waals surface area contributed by atoms with E-state index in [2.05, 4.69) is 19.2 Å². The first-order valence-electron chi connectivity index (χ1n) is 43.5. The number of carbonyl (C=O) groups is 2. The monoisotopic (exact) mass is 1310 g/mol. The van der Waals surface area contributed by atoms with Gasteiger partial charge in [-0.2, -0.15) is 0 Å². The molecule has 2 unspecified atom stereocenters. The largest absolute Gasteiger partial charge is 0.466 e. The molecule has 0 saturated carbocycles. The topological polar surface area (TPSA) is 95.9 Å². The first-order valence-corrected chi connectivity index (χ1v) is 43.5. The number of unbranched alkanes of at least 4 members (excludes halogenated alkanes) is 72. The highest BCUT2D eigenvalue weighted by atomic mass is 16.5. The second-order valence-corrected chi connectivity index (χ2v) is 30.2. The lowest BCUT2D eigenvalue weighted by molar-refractivity contribution is -0.143. The molecule has 0 heterocycles. The number of hydrogen-bond acceptors (Lipinski definition) is 5. The highest BCUT2D eigenvalue weighted by Crippen LogP contribution is 2.21. The molecular weight excluding hydrogens is 1140 g/mol. The molecule has 0 aromatic heterocycles. The lowest BCUT2D eigenvalue weighted by Crippen LogP contribution is -2.45. The van der Waals surface area contributed by atoms with Crippen LogP contribution in [0.15, 0.2) is 12.2 Å². The van der Waals surface area contributed by atoms with E-state index in [0.29, 0.717) is 19.4 Å². The summed E-state index contributed by atoms with van der Waals surface area (Å²) in [6, 6.07) is -0.625. The van der Waals surface area contributed by atoms with Crippen LogP contribution in [0, 0.1) is 0 Å². The van der Waals surface area contributed by atoms with Gasteiger partial charge >= 0.3 is 5.97 Å². The minimum Gasteiger partial charge on any atom is -0.466 e. The van der Waals surface area contributed by atoms with Gasteiger partial charge in [0.05, 0.1) is 25.4 Å². The van der Waals surface area contributed by atoms with Crippen molar-refractivity contribution in [2.24, 2.45) is 0 Å². The Morgan fingerprint density at radius 3 is 0.731 bits per heavy atom. The Kier molecular flexibility index (Phi) is 81.8. The van der Waals surface area contributed by atoms with Gasteiger partial charge in [0.25, 0.3) is 0 Å². The SMILES string of the molecule is CCCCCCCCCCCCCCCCCCCCCCCCC/C=C/C(O)C(CO)NC(=O)CCCCCCCCCCCCCCCCCCCCCCCCCCCCCCCCCCCCCOC(=O)CCCCCCCCCCCCCCCCCC. The van der Waals surface area contributed by atoms with Gasteiger partial charge in [-0.15, -0.1) is 0 Å². The van der Waals surface area contributed by atoms with Crippen LogP contribution in [-0.2, 0) is 14.3 Å². The second-order valence-electron chi connectivity index (χ2n) is 30.2. The van der Waals surface area contributed by atoms with E-state index in [1.165, 1.54) is 443 Å². The Hall–Kier alpha value is -1.40. The standard InChI is InChI=1S/C87H171NO5/c1-3-5-7-9-11-13-15-17-19-21-22-23-24-36-39-42-45-48-51-55-59-63-67-71-75-79-85(90)84(83-89)88-86(91)80-76-72-68-64-60-56-52-49-46-43-40-37-34-32-30-28-26-25-27-29-31-33-35-38-41-44-47-50-54-58-62-66-70-74-78-82-93-87(92)81-77-73-69-65-61-57-53-20-18-16-14-12-10-8-6-4-2/h75,79,84-85,89-90H,3-74,76-78,80-83H2,1-2H3,(H,88,91)/b79-75+. The van der Waals surface area contributed by atoms with Crippen molar-refractivity contribution < 1.29 is 24.5 Å². The molecular formula is C87H171NO5. The van der Waals surface area contributed by atoms with Gasteiger partial charge in [-0.3, -0.25) is 9.59 Å². The van der Waals surface area contributed by atoms with Gasteiger partial charge < -0.3 is 20.3 Å². The van der Waals surface area contributed by atoms with Crippen LogP contribution in [0.3, 0.4) is 0 Å². The van der Waals surface area contributed by atoms with Crippen LogP contribution in [0.4, 0.5) is 0 Å². The fourth-order valence-electron chi connectivity index (χ4n) is 14.2. The quantitative estimate of drug-likeness (QED) is 0.0320. The van der Waals surface area contributed by atoms with E-state index >= 15 is 0 Å². The number of esters is 1. The Morgan fingerprint density at radius 1 is 0.290 bits per heavy atom. The van der Waals surface area contributed by atoms with Crippen LogP contribution in [0.25, 0.3) is 0 Å². The van der Waals surface area contributed by atoms with Crippen LogP contribution in [-0.4, -0.2) is 47.4 Å². The number of amides is 1. The minimum atomic E-state index is -0.842. The number of nitrogens with one attached hydrogen (secondary N) is 1. The highest BCUT2D eigenvalue weighted by molar-refractivity contribution is 5.76. The number of aliphatic hydroxyl groups excluding tert-OH is 2. The van der Waals surface area contributed by atoms with Crippen molar-refractivity contribution in [2.75, 3.05) is 13.2 Å². The molecule has 0 aliphatic rings. The van der Waals surface area contributed by atoms with Gasteiger partial charge in [0.2, 0.25) is 5.91 Å². The predicted octanol–water partition coefficient (Wildman–Crippen LogP) is 29.0. The average Bonchev–Trinajstić information content (AvgIpc) is 3.70. The molecule has 6 heteroatoms. The summed E-state index contributed by atoms with van der Waals surface area (Å²) in [6.45, 7) is 4.98. The van der Waals surface area contributed by atoms with Crippen LogP contribution in [0.1, 0.15) is 508 Å². The van der Waals surface area contributed by atoms with Gasteiger partial charge in [-0.25, -0.2) is 0 Å². The van der Waals surface area contributed by atoms with Crippen molar-refractivity contribution in [2.45, 2.75) is 520 Å². The van der Waals surface area contributed by atoms with Crippen molar-refractivity contribution >= 4 is 11.9 Å². The van der Waals surface area contributed by atoms with Crippen LogP contribution >= 0.6 is 0 Å². The van der Waals surface area contributed by atoms with E-state index in [9.17, 15) is 19.8 Å². The highest BCUT2D eigenvalue weighted by Gasteiger charge is 2.18. The van der Waals surface area contributed by atoms with Gasteiger partial charge in [-0.1, -0.05) is 475 Å². The number of aliphatic hydroxyl groups is 2. The van der Waals surface area contributed by atoms with E-state index in [-0.39, 0.29) is 18.5 Å². The molecule has 93 heavy (non-hydrogen) atoms.